The van der Waals surface area contributed by atoms with E-state index in [1.165, 1.54) is 12.1 Å². The molecule has 124 valence electrons. The Morgan fingerprint density at radius 3 is 3.00 bits per heavy atom. The van der Waals surface area contributed by atoms with Crippen LogP contribution in [0, 0.1) is 5.82 Å². The van der Waals surface area contributed by atoms with Gasteiger partial charge in [0.2, 0.25) is 5.78 Å². The van der Waals surface area contributed by atoms with E-state index >= 15 is 0 Å². The van der Waals surface area contributed by atoms with Gasteiger partial charge in [-0.1, -0.05) is 18.2 Å². The van der Waals surface area contributed by atoms with Crippen molar-refractivity contribution in [1.82, 2.24) is 15.3 Å². The van der Waals surface area contributed by atoms with Crippen molar-refractivity contribution in [2.45, 2.75) is 6.54 Å². The molecule has 0 amide bonds. The molecule has 0 spiro atoms. The molecule has 0 radical (unpaired) electrons. The van der Waals surface area contributed by atoms with Gasteiger partial charge in [-0.3, -0.25) is 4.79 Å². The normalized spacial score (nSPS) is 15.5. The lowest BCUT2D eigenvalue weighted by Gasteiger charge is -2.08. The monoisotopic (exact) mass is 335 g/mol. The molecule has 2 aromatic heterocycles. The Balaban J connectivity index is 1.49. The fourth-order valence-electron chi connectivity index (χ4n) is 2.64. The van der Waals surface area contributed by atoms with E-state index in [1.54, 1.807) is 36.7 Å². The van der Waals surface area contributed by atoms with E-state index in [-0.39, 0.29) is 23.9 Å². The van der Waals surface area contributed by atoms with Crippen LogP contribution in [0.3, 0.4) is 0 Å². The van der Waals surface area contributed by atoms with Gasteiger partial charge in [0.25, 0.3) is 0 Å². The number of fused-ring (bicyclic) bond motifs is 1. The van der Waals surface area contributed by atoms with Gasteiger partial charge in [0.15, 0.2) is 11.6 Å². The number of rotatable bonds is 4. The van der Waals surface area contributed by atoms with Crippen molar-refractivity contribution < 1.29 is 13.9 Å². The van der Waals surface area contributed by atoms with Gasteiger partial charge in [0, 0.05) is 41.5 Å². The second kappa shape index (κ2) is 6.24. The standard InChI is InChI=1S/C19H14FN3O2/c20-15-6-2-1-4-12(15)10-22-18-9-16(24)17(25-18)8-13-11-23-19-14(13)5-3-7-21-19/h1-9,11,22H,10H2,(H,21,23). The Bertz CT molecular complexity index is 1020. The number of nitrogens with zero attached hydrogens (tertiary/aromatic N) is 1. The van der Waals surface area contributed by atoms with Gasteiger partial charge >= 0.3 is 0 Å². The Hall–Kier alpha value is -3.41. The predicted molar refractivity (Wildman–Crippen MR) is 91.5 cm³/mol. The third-order valence-electron chi connectivity index (χ3n) is 3.91. The van der Waals surface area contributed by atoms with Crippen LogP contribution in [0.25, 0.3) is 17.1 Å². The molecule has 1 aromatic carbocycles. The first-order valence-electron chi connectivity index (χ1n) is 7.76. The topological polar surface area (TPSA) is 67.0 Å². The van der Waals surface area contributed by atoms with Crippen molar-refractivity contribution in [3.05, 3.63) is 83.5 Å². The first-order chi connectivity index (χ1) is 12.2. The number of H-pyrrole nitrogens is 1. The minimum absolute atomic E-state index is 0.209. The summed E-state index contributed by atoms with van der Waals surface area (Å²) in [6.45, 7) is 0.232. The predicted octanol–water partition coefficient (Wildman–Crippen LogP) is 3.27. The third-order valence-corrected chi connectivity index (χ3v) is 3.91. The molecule has 0 atom stereocenters. The van der Waals surface area contributed by atoms with E-state index in [1.807, 2.05) is 12.1 Å². The fourth-order valence-corrected chi connectivity index (χ4v) is 2.64. The van der Waals surface area contributed by atoms with E-state index in [0.717, 1.165) is 16.6 Å². The van der Waals surface area contributed by atoms with Gasteiger partial charge < -0.3 is 15.0 Å². The number of allylic oxidation sites excluding steroid dienone is 1. The largest absolute Gasteiger partial charge is 0.437 e. The van der Waals surface area contributed by atoms with Crippen molar-refractivity contribution >= 4 is 22.9 Å². The number of aromatic amines is 1. The average molecular weight is 335 g/mol. The van der Waals surface area contributed by atoms with E-state index in [0.29, 0.717) is 11.4 Å². The molecule has 0 saturated carbocycles. The smallest absolute Gasteiger partial charge is 0.226 e. The fraction of sp³-hybridized carbons (Fsp3) is 0.0526. The molecular weight excluding hydrogens is 321 g/mol. The highest BCUT2D eigenvalue weighted by atomic mass is 19.1. The number of hydrogen-bond donors (Lipinski definition) is 2. The van der Waals surface area contributed by atoms with Crippen molar-refractivity contribution in [2.24, 2.45) is 0 Å². The third kappa shape index (κ3) is 3.01. The van der Waals surface area contributed by atoms with Crippen LogP contribution in [0.1, 0.15) is 11.1 Å². The molecule has 1 aliphatic rings. The number of aromatic nitrogens is 2. The highest BCUT2D eigenvalue weighted by Crippen LogP contribution is 2.23. The Morgan fingerprint density at radius 1 is 1.24 bits per heavy atom. The number of hydrogen-bond acceptors (Lipinski definition) is 4. The molecule has 2 N–H and O–H groups in total. The number of halogens is 1. The quantitative estimate of drug-likeness (QED) is 0.718. The zero-order chi connectivity index (χ0) is 17.2. The summed E-state index contributed by atoms with van der Waals surface area (Å²) >= 11 is 0. The van der Waals surface area contributed by atoms with Crippen molar-refractivity contribution in [3.63, 3.8) is 0 Å². The molecule has 0 aliphatic carbocycles. The Kier molecular flexibility index (Phi) is 3.78. The van der Waals surface area contributed by atoms with Crippen LogP contribution < -0.4 is 5.32 Å². The minimum atomic E-state index is -0.304. The molecule has 4 rings (SSSR count). The number of ether oxygens (including phenoxy) is 1. The van der Waals surface area contributed by atoms with Gasteiger partial charge in [-0.15, -0.1) is 0 Å². The summed E-state index contributed by atoms with van der Waals surface area (Å²) in [6.07, 6.45) is 6.49. The van der Waals surface area contributed by atoms with Crippen LogP contribution in [-0.2, 0) is 16.1 Å². The van der Waals surface area contributed by atoms with Gasteiger partial charge in [-0.25, -0.2) is 9.37 Å². The zero-order valence-electron chi connectivity index (χ0n) is 13.1. The summed E-state index contributed by atoms with van der Waals surface area (Å²) in [4.78, 5) is 19.4. The molecule has 6 heteroatoms. The second-order valence-corrected chi connectivity index (χ2v) is 5.57. The number of benzene rings is 1. The molecule has 25 heavy (non-hydrogen) atoms. The number of carbonyl (C=O) groups is 1. The Morgan fingerprint density at radius 2 is 2.12 bits per heavy atom. The Labute approximate surface area is 142 Å². The summed E-state index contributed by atoms with van der Waals surface area (Å²) < 4.78 is 19.2. The van der Waals surface area contributed by atoms with E-state index in [4.69, 9.17) is 4.74 Å². The van der Waals surface area contributed by atoms with Gasteiger partial charge in [0.1, 0.15) is 11.5 Å². The maximum atomic E-state index is 13.6. The van der Waals surface area contributed by atoms with Gasteiger partial charge in [-0.2, -0.15) is 0 Å². The zero-order valence-corrected chi connectivity index (χ0v) is 13.1. The van der Waals surface area contributed by atoms with Crippen LogP contribution in [0.15, 0.2) is 66.5 Å². The van der Waals surface area contributed by atoms with E-state index < -0.39 is 0 Å². The molecule has 0 saturated heterocycles. The lowest BCUT2D eigenvalue weighted by atomic mass is 10.2. The first-order valence-corrected chi connectivity index (χ1v) is 7.76. The van der Waals surface area contributed by atoms with Crippen LogP contribution in [0.5, 0.6) is 0 Å². The van der Waals surface area contributed by atoms with E-state index in [2.05, 4.69) is 15.3 Å². The number of carbonyl (C=O) groups excluding carboxylic acids is 1. The maximum absolute atomic E-state index is 13.6. The highest BCUT2D eigenvalue weighted by molar-refractivity contribution is 6.08. The molecular formula is C19H14FN3O2. The molecule has 0 unspecified atom stereocenters. The van der Waals surface area contributed by atoms with Crippen molar-refractivity contribution in [3.8, 4) is 0 Å². The molecule has 0 bridgehead atoms. The van der Waals surface area contributed by atoms with E-state index in [9.17, 15) is 9.18 Å². The van der Waals surface area contributed by atoms with Crippen molar-refractivity contribution in [1.29, 1.82) is 0 Å². The lowest BCUT2D eigenvalue weighted by Crippen LogP contribution is -2.13. The summed E-state index contributed by atoms with van der Waals surface area (Å²) in [6, 6.07) is 10.2. The number of pyridine rings is 1. The molecule has 0 fully saturated rings. The SMILES string of the molecule is O=C1C=C(NCc2ccccc2F)OC1=Cc1c[nH]c2ncccc12. The molecule has 3 aromatic rings. The summed E-state index contributed by atoms with van der Waals surface area (Å²) in [5.74, 6) is -0.0329. The molecule has 5 nitrogen and oxygen atoms in total. The lowest BCUT2D eigenvalue weighted by molar-refractivity contribution is -0.112. The first kappa shape index (κ1) is 15.1. The number of ketones is 1. The van der Waals surface area contributed by atoms with Crippen LogP contribution in [-0.4, -0.2) is 15.8 Å². The minimum Gasteiger partial charge on any atom is -0.437 e. The summed E-state index contributed by atoms with van der Waals surface area (Å²) in [5.41, 5.74) is 2.06. The van der Waals surface area contributed by atoms with Gasteiger partial charge in [-0.05, 0) is 24.3 Å². The second-order valence-electron chi connectivity index (χ2n) is 5.57. The van der Waals surface area contributed by atoms with Crippen LogP contribution in [0.2, 0.25) is 0 Å². The number of nitrogens with one attached hydrogen (secondary N) is 2. The van der Waals surface area contributed by atoms with Crippen LogP contribution >= 0.6 is 0 Å². The molecule has 1 aliphatic heterocycles. The summed E-state index contributed by atoms with van der Waals surface area (Å²) in [7, 11) is 0. The van der Waals surface area contributed by atoms with Crippen LogP contribution in [0.4, 0.5) is 4.39 Å². The maximum Gasteiger partial charge on any atom is 0.226 e. The van der Waals surface area contributed by atoms with Gasteiger partial charge in [0.05, 0.1) is 0 Å². The molecule has 3 heterocycles. The van der Waals surface area contributed by atoms with Crippen molar-refractivity contribution in [2.75, 3.05) is 0 Å². The summed E-state index contributed by atoms with van der Waals surface area (Å²) in [5, 5.41) is 3.83. The highest BCUT2D eigenvalue weighted by Gasteiger charge is 2.21. The average Bonchev–Trinajstić information content (AvgIpc) is 3.19.